The van der Waals surface area contributed by atoms with Crippen LogP contribution in [0.15, 0.2) is 30.3 Å². The van der Waals surface area contributed by atoms with Crippen LogP contribution in [0.3, 0.4) is 0 Å². The fourth-order valence-electron chi connectivity index (χ4n) is 2.62. The van der Waals surface area contributed by atoms with E-state index in [-0.39, 0.29) is 11.6 Å². The van der Waals surface area contributed by atoms with E-state index in [1.165, 1.54) is 4.90 Å². The monoisotopic (exact) mass is 304 g/mol. The molecule has 1 saturated heterocycles. The lowest BCUT2D eigenvalue weighted by molar-refractivity contribution is -0.141. The van der Waals surface area contributed by atoms with Gasteiger partial charge in [-0.3, -0.25) is 4.79 Å². The Kier molecular flexibility index (Phi) is 3.51. The second-order valence-electron chi connectivity index (χ2n) is 5.03. The molecule has 1 fully saturated rings. The number of likely N-dealkylation sites (tertiary alicyclic amines) is 1. The third kappa shape index (κ3) is 2.56. The second-order valence-corrected chi connectivity index (χ2v) is 5.46. The summed E-state index contributed by atoms with van der Waals surface area (Å²) < 4.78 is 0. The molecule has 108 valence electrons. The van der Waals surface area contributed by atoms with Gasteiger partial charge in [-0.05, 0) is 31.0 Å². The summed E-state index contributed by atoms with van der Waals surface area (Å²) in [5, 5.41) is 10.6. The molecule has 0 bridgehead atoms. The number of pyridine rings is 1. The first-order valence-corrected chi connectivity index (χ1v) is 7.04. The van der Waals surface area contributed by atoms with E-state index in [1.807, 2.05) is 6.07 Å². The summed E-state index contributed by atoms with van der Waals surface area (Å²) in [5.74, 6) is -1.31. The third-order valence-corrected chi connectivity index (χ3v) is 3.91. The molecule has 1 atom stereocenters. The van der Waals surface area contributed by atoms with Crippen molar-refractivity contribution in [1.82, 2.24) is 9.88 Å². The van der Waals surface area contributed by atoms with Gasteiger partial charge in [0.2, 0.25) is 0 Å². The number of rotatable bonds is 2. The van der Waals surface area contributed by atoms with E-state index in [4.69, 9.17) is 16.7 Å². The number of carbonyl (C=O) groups excluding carboxylic acids is 1. The van der Waals surface area contributed by atoms with Crippen LogP contribution in [0.25, 0.3) is 10.9 Å². The van der Waals surface area contributed by atoms with Crippen LogP contribution in [0.1, 0.15) is 23.3 Å². The summed E-state index contributed by atoms with van der Waals surface area (Å²) in [7, 11) is 0. The highest BCUT2D eigenvalue weighted by atomic mass is 35.5. The lowest BCUT2D eigenvalue weighted by atomic mass is 10.2. The first-order chi connectivity index (χ1) is 10.1. The van der Waals surface area contributed by atoms with Crippen molar-refractivity contribution in [2.24, 2.45) is 0 Å². The van der Waals surface area contributed by atoms with Crippen molar-refractivity contribution in [1.29, 1.82) is 0 Å². The number of carboxylic acid groups (broad SMARTS) is 1. The van der Waals surface area contributed by atoms with Gasteiger partial charge in [-0.25, -0.2) is 9.78 Å². The summed E-state index contributed by atoms with van der Waals surface area (Å²) >= 11 is 5.93. The number of aliphatic carboxylic acids is 1. The van der Waals surface area contributed by atoms with Crippen LogP contribution in [0, 0.1) is 0 Å². The third-order valence-electron chi connectivity index (χ3n) is 3.67. The maximum atomic E-state index is 12.5. The Labute approximate surface area is 126 Å². The molecular formula is C15H13ClN2O3. The lowest BCUT2D eigenvalue weighted by Crippen LogP contribution is -2.40. The number of nitrogens with zero attached hydrogens (tertiary/aromatic N) is 2. The van der Waals surface area contributed by atoms with E-state index in [0.29, 0.717) is 29.9 Å². The Morgan fingerprint density at radius 1 is 1.29 bits per heavy atom. The summed E-state index contributed by atoms with van der Waals surface area (Å²) in [6, 6.07) is 7.93. The second kappa shape index (κ2) is 5.33. The highest BCUT2D eigenvalue weighted by Crippen LogP contribution is 2.22. The molecule has 1 aliphatic rings. The molecule has 2 heterocycles. The molecule has 5 nitrogen and oxygen atoms in total. The predicted molar refractivity (Wildman–Crippen MR) is 78.4 cm³/mol. The quantitative estimate of drug-likeness (QED) is 0.925. The number of aromatic nitrogens is 1. The average molecular weight is 305 g/mol. The van der Waals surface area contributed by atoms with Gasteiger partial charge in [0.1, 0.15) is 11.7 Å². The summed E-state index contributed by atoms with van der Waals surface area (Å²) in [6.45, 7) is 0.449. The lowest BCUT2D eigenvalue weighted by Gasteiger charge is -2.21. The summed E-state index contributed by atoms with van der Waals surface area (Å²) in [6.07, 6.45) is 1.18. The van der Waals surface area contributed by atoms with Crippen molar-refractivity contribution in [3.63, 3.8) is 0 Å². The van der Waals surface area contributed by atoms with Crippen molar-refractivity contribution in [2.45, 2.75) is 18.9 Å². The minimum Gasteiger partial charge on any atom is -0.480 e. The van der Waals surface area contributed by atoms with E-state index in [9.17, 15) is 9.59 Å². The Morgan fingerprint density at radius 3 is 2.81 bits per heavy atom. The molecule has 2 aromatic rings. The van der Waals surface area contributed by atoms with Crippen LogP contribution in [0.2, 0.25) is 5.02 Å². The minimum atomic E-state index is -0.968. The first kappa shape index (κ1) is 13.8. The maximum Gasteiger partial charge on any atom is 0.326 e. The van der Waals surface area contributed by atoms with Crippen LogP contribution in [-0.4, -0.2) is 39.5 Å². The number of benzene rings is 1. The molecule has 3 rings (SSSR count). The van der Waals surface area contributed by atoms with E-state index in [1.54, 1.807) is 24.3 Å². The van der Waals surface area contributed by atoms with Gasteiger partial charge in [0, 0.05) is 17.0 Å². The number of fused-ring (bicyclic) bond motifs is 1. The SMILES string of the molecule is O=C(O)[C@H]1CCCN1C(=O)c1ccc2ccc(Cl)cc2n1. The van der Waals surface area contributed by atoms with Gasteiger partial charge in [0.25, 0.3) is 5.91 Å². The predicted octanol–water partition coefficient (Wildman–Crippen LogP) is 2.58. The van der Waals surface area contributed by atoms with Gasteiger partial charge in [-0.1, -0.05) is 23.7 Å². The molecule has 1 aliphatic heterocycles. The fraction of sp³-hybridized carbons (Fsp3) is 0.267. The average Bonchev–Trinajstić information content (AvgIpc) is 2.95. The van der Waals surface area contributed by atoms with Crippen molar-refractivity contribution in [3.8, 4) is 0 Å². The van der Waals surface area contributed by atoms with Gasteiger partial charge in [0.15, 0.2) is 0 Å². The van der Waals surface area contributed by atoms with Gasteiger partial charge in [0.05, 0.1) is 5.52 Å². The molecule has 0 aliphatic carbocycles. The van der Waals surface area contributed by atoms with Crippen molar-refractivity contribution in [3.05, 3.63) is 41.0 Å². The number of hydrogen-bond acceptors (Lipinski definition) is 3. The normalized spacial score (nSPS) is 18.1. The topological polar surface area (TPSA) is 70.5 Å². The zero-order valence-electron chi connectivity index (χ0n) is 11.1. The van der Waals surface area contributed by atoms with Crippen LogP contribution in [-0.2, 0) is 4.79 Å². The molecule has 0 spiro atoms. The van der Waals surface area contributed by atoms with Crippen molar-refractivity contribution < 1.29 is 14.7 Å². The van der Waals surface area contributed by atoms with Gasteiger partial charge in [-0.2, -0.15) is 0 Å². The molecule has 21 heavy (non-hydrogen) atoms. The Morgan fingerprint density at radius 2 is 2.05 bits per heavy atom. The highest BCUT2D eigenvalue weighted by molar-refractivity contribution is 6.31. The Bertz CT molecular complexity index is 732. The minimum absolute atomic E-state index is 0.248. The van der Waals surface area contributed by atoms with E-state index in [0.717, 1.165) is 5.39 Å². The Hall–Kier alpha value is -2.14. The molecule has 0 radical (unpaired) electrons. The molecule has 1 amide bonds. The first-order valence-electron chi connectivity index (χ1n) is 6.66. The van der Waals surface area contributed by atoms with Gasteiger partial charge < -0.3 is 10.0 Å². The molecule has 0 unspecified atom stereocenters. The zero-order valence-corrected chi connectivity index (χ0v) is 11.9. The smallest absolute Gasteiger partial charge is 0.326 e. The number of carbonyl (C=O) groups is 2. The number of halogens is 1. The van der Waals surface area contributed by atoms with Crippen molar-refractivity contribution in [2.75, 3.05) is 6.54 Å². The molecule has 1 aromatic heterocycles. The molecule has 0 saturated carbocycles. The molecule has 6 heteroatoms. The molecule has 1 N–H and O–H groups in total. The van der Waals surface area contributed by atoms with Gasteiger partial charge >= 0.3 is 5.97 Å². The van der Waals surface area contributed by atoms with E-state index >= 15 is 0 Å². The maximum absolute atomic E-state index is 12.5. The highest BCUT2D eigenvalue weighted by Gasteiger charge is 2.34. The van der Waals surface area contributed by atoms with Crippen molar-refractivity contribution >= 4 is 34.4 Å². The zero-order chi connectivity index (χ0) is 15.0. The van der Waals surface area contributed by atoms with Crippen LogP contribution in [0.5, 0.6) is 0 Å². The number of carboxylic acids is 1. The fourth-order valence-corrected chi connectivity index (χ4v) is 2.79. The molecule has 1 aromatic carbocycles. The van der Waals surface area contributed by atoms with E-state index in [2.05, 4.69) is 4.98 Å². The van der Waals surface area contributed by atoms with E-state index < -0.39 is 12.0 Å². The van der Waals surface area contributed by atoms with Gasteiger partial charge in [-0.15, -0.1) is 0 Å². The largest absolute Gasteiger partial charge is 0.480 e. The Balaban J connectivity index is 1.96. The standard InChI is InChI=1S/C15H13ClN2O3/c16-10-5-3-9-4-6-11(17-12(9)8-10)14(19)18-7-1-2-13(18)15(20)21/h3-6,8,13H,1-2,7H2,(H,20,21)/t13-/m1/s1. The van der Waals surface area contributed by atoms with Crippen LogP contribution in [0.4, 0.5) is 0 Å². The number of hydrogen-bond donors (Lipinski definition) is 1. The van der Waals surface area contributed by atoms with Crippen LogP contribution < -0.4 is 0 Å². The number of amides is 1. The summed E-state index contributed by atoms with van der Waals surface area (Å²) in [5.41, 5.74) is 0.873. The summed E-state index contributed by atoms with van der Waals surface area (Å²) in [4.78, 5) is 29.3. The molecular weight excluding hydrogens is 292 g/mol. The van der Waals surface area contributed by atoms with Crippen LogP contribution >= 0.6 is 11.6 Å².